The molecule has 2 N–H and O–H groups in total. The van der Waals surface area contributed by atoms with Crippen LogP contribution >= 0.6 is 0 Å². The summed E-state index contributed by atoms with van der Waals surface area (Å²) in [7, 11) is 3.30. The van der Waals surface area contributed by atoms with Gasteiger partial charge in [-0.2, -0.15) is 0 Å². The minimum atomic E-state index is -0.143. The Hall–Kier alpha value is -2.69. The number of methoxy groups -OCH3 is 2. The summed E-state index contributed by atoms with van der Waals surface area (Å²) in [5.74, 6) is 1.66. The molecule has 0 bridgehead atoms. The molecule has 132 valence electrons. The first kappa shape index (κ1) is 17.1. The number of benzene rings is 2. The fourth-order valence-electron chi connectivity index (χ4n) is 2.90. The summed E-state index contributed by atoms with van der Waals surface area (Å²) in [6.45, 7) is 1.14. The number of ether oxygens (including phenoxy) is 2. The van der Waals surface area contributed by atoms with Crippen molar-refractivity contribution in [2.45, 2.75) is 24.8 Å². The zero-order valence-electron chi connectivity index (χ0n) is 14.7. The molecule has 2 aromatic rings. The fourth-order valence-corrected chi connectivity index (χ4v) is 2.90. The molecule has 0 spiro atoms. The Labute approximate surface area is 148 Å². The third-order valence-electron chi connectivity index (χ3n) is 4.76. The van der Waals surface area contributed by atoms with Gasteiger partial charge in [0.15, 0.2) is 0 Å². The lowest BCUT2D eigenvalue weighted by Crippen LogP contribution is -2.39. The van der Waals surface area contributed by atoms with Crippen molar-refractivity contribution in [2.24, 2.45) is 0 Å². The SMILES string of the molecule is COc1ccc(CNC(=O)NCC2(c3ccc(OC)cc3)CC2)cc1. The molecule has 1 saturated carbocycles. The average molecular weight is 340 g/mol. The molecular weight excluding hydrogens is 316 g/mol. The first-order valence-corrected chi connectivity index (χ1v) is 8.44. The van der Waals surface area contributed by atoms with Gasteiger partial charge in [0, 0.05) is 18.5 Å². The molecule has 1 aliphatic rings. The lowest BCUT2D eigenvalue weighted by molar-refractivity contribution is 0.239. The maximum Gasteiger partial charge on any atom is 0.315 e. The van der Waals surface area contributed by atoms with Gasteiger partial charge in [0.25, 0.3) is 0 Å². The summed E-state index contributed by atoms with van der Waals surface area (Å²) >= 11 is 0. The molecule has 25 heavy (non-hydrogen) atoms. The maximum atomic E-state index is 12.1. The van der Waals surface area contributed by atoms with E-state index in [1.54, 1.807) is 14.2 Å². The molecule has 0 radical (unpaired) electrons. The Morgan fingerprint density at radius 1 is 0.920 bits per heavy atom. The highest BCUT2D eigenvalue weighted by Crippen LogP contribution is 2.47. The molecular formula is C20H24N2O3. The number of urea groups is 1. The van der Waals surface area contributed by atoms with Crippen LogP contribution in [0.3, 0.4) is 0 Å². The van der Waals surface area contributed by atoms with Crippen molar-refractivity contribution >= 4 is 6.03 Å². The number of carbonyl (C=O) groups is 1. The molecule has 0 heterocycles. The number of nitrogens with one attached hydrogen (secondary N) is 2. The second-order valence-electron chi connectivity index (χ2n) is 6.39. The third kappa shape index (κ3) is 4.24. The zero-order chi connectivity index (χ0) is 17.7. The summed E-state index contributed by atoms with van der Waals surface area (Å²) in [6.07, 6.45) is 2.19. The van der Waals surface area contributed by atoms with Gasteiger partial charge < -0.3 is 20.1 Å². The van der Waals surface area contributed by atoms with Gasteiger partial charge in [-0.25, -0.2) is 4.79 Å². The number of carbonyl (C=O) groups excluding carboxylic acids is 1. The Kier molecular flexibility index (Phi) is 5.12. The molecule has 1 fully saturated rings. The van der Waals surface area contributed by atoms with Crippen molar-refractivity contribution in [3.8, 4) is 11.5 Å². The number of hydrogen-bond donors (Lipinski definition) is 2. The van der Waals surface area contributed by atoms with Crippen LogP contribution in [0.4, 0.5) is 4.79 Å². The molecule has 2 aromatic carbocycles. The highest BCUT2D eigenvalue weighted by Gasteiger charge is 2.44. The lowest BCUT2D eigenvalue weighted by atomic mass is 9.96. The highest BCUT2D eigenvalue weighted by molar-refractivity contribution is 5.74. The standard InChI is InChI=1S/C20H24N2O3/c1-24-17-7-3-15(4-8-17)13-21-19(23)22-14-20(11-12-20)16-5-9-18(25-2)10-6-16/h3-10H,11-14H2,1-2H3,(H2,21,22,23). The molecule has 0 saturated heterocycles. The van der Waals surface area contributed by atoms with Gasteiger partial charge in [0.05, 0.1) is 14.2 Å². The monoisotopic (exact) mass is 340 g/mol. The zero-order valence-corrected chi connectivity index (χ0v) is 14.7. The summed E-state index contributed by atoms with van der Waals surface area (Å²) in [5, 5.41) is 5.89. The fraction of sp³-hybridized carbons (Fsp3) is 0.350. The number of amides is 2. The second kappa shape index (κ2) is 7.47. The Bertz CT molecular complexity index is 707. The molecule has 0 aliphatic heterocycles. The van der Waals surface area contributed by atoms with Crippen LogP contribution in [0, 0.1) is 0 Å². The predicted molar refractivity (Wildman–Crippen MR) is 97.1 cm³/mol. The van der Waals surface area contributed by atoms with Crippen LogP contribution in [-0.4, -0.2) is 26.8 Å². The first-order chi connectivity index (χ1) is 12.1. The van der Waals surface area contributed by atoms with E-state index in [9.17, 15) is 4.79 Å². The van der Waals surface area contributed by atoms with Crippen LogP contribution < -0.4 is 20.1 Å². The summed E-state index contributed by atoms with van der Waals surface area (Å²) < 4.78 is 10.3. The molecule has 0 atom stereocenters. The Morgan fingerprint density at radius 3 is 2.00 bits per heavy atom. The summed E-state index contributed by atoms with van der Waals surface area (Å²) in [4.78, 5) is 12.1. The van der Waals surface area contributed by atoms with E-state index in [0.717, 1.165) is 29.9 Å². The van der Waals surface area contributed by atoms with E-state index >= 15 is 0 Å². The molecule has 3 rings (SSSR count). The Morgan fingerprint density at radius 2 is 1.48 bits per heavy atom. The minimum Gasteiger partial charge on any atom is -0.497 e. The van der Waals surface area contributed by atoms with Gasteiger partial charge in [-0.15, -0.1) is 0 Å². The van der Waals surface area contributed by atoms with E-state index in [1.165, 1.54) is 5.56 Å². The van der Waals surface area contributed by atoms with E-state index < -0.39 is 0 Å². The van der Waals surface area contributed by atoms with Gasteiger partial charge in [0.1, 0.15) is 11.5 Å². The molecule has 2 amide bonds. The average Bonchev–Trinajstić information content (AvgIpc) is 3.46. The van der Waals surface area contributed by atoms with Crippen LogP contribution in [0.25, 0.3) is 0 Å². The molecule has 0 aromatic heterocycles. The molecule has 0 unspecified atom stereocenters. The van der Waals surface area contributed by atoms with E-state index in [-0.39, 0.29) is 11.4 Å². The van der Waals surface area contributed by atoms with Crippen molar-refractivity contribution in [1.82, 2.24) is 10.6 Å². The Balaban J connectivity index is 1.48. The maximum absolute atomic E-state index is 12.1. The van der Waals surface area contributed by atoms with E-state index in [0.29, 0.717) is 13.1 Å². The van der Waals surface area contributed by atoms with E-state index in [4.69, 9.17) is 9.47 Å². The highest BCUT2D eigenvalue weighted by atomic mass is 16.5. The van der Waals surface area contributed by atoms with Crippen molar-refractivity contribution in [2.75, 3.05) is 20.8 Å². The van der Waals surface area contributed by atoms with Crippen molar-refractivity contribution in [3.05, 3.63) is 59.7 Å². The minimum absolute atomic E-state index is 0.0731. The third-order valence-corrected chi connectivity index (χ3v) is 4.76. The second-order valence-corrected chi connectivity index (χ2v) is 6.39. The van der Waals surface area contributed by atoms with Crippen LogP contribution in [0.15, 0.2) is 48.5 Å². The number of rotatable bonds is 7. The molecule has 1 aliphatic carbocycles. The van der Waals surface area contributed by atoms with Gasteiger partial charge >= 0.3 is 6.03 Å². The predicted octanol–water partition coefficient (Wildman–Crippen LogP) is 3.23. The largest absolute Gasteiger partial charge is 0.497 e. The van der Waals surface area contributed by atoms with Gasteiger partial charge in [-0.05, 0) is 48.2 Å². The van der Waals surface area contributed by atoms with Crippen molar-refractivity contribution in [3.63, 3.8) is 0 Å². The quantitative estimate of drug-likeness (QED) is 0.813. The van der Waals surface area contributed by atoms with Crippen molar-refractivity contribution < 1.29 is 14.3 Å². The topological polar surface area (TPSA) is 59.6 Å². The number of hydrogen-bond acceptors (Lipinski definition) is 3. The normalized spacial score (nSPS) is 14.5. The summed E-state index contributed by atoms with van der Waals surface area (Å²) in [6, 6.07) is 15.6. The van der Waals surface area contributed by atoms with Crippen LogP contribution in [-0.2, 0) is 12.0 Å². The lowest BCUT2D eigenvalue weighted by Gasteiger charge is -2.17. The smallest absolute Gasteiger partial charge is 0.315 e. The van der Waals surface area contributed by atoms with Gasteiger partial charge in [0.2, 0.25) is 0 Å². The van der Waals surface area contributed by atoms with Crippen LogP contribution in [0.1, 0.15) is 24.0 Å². The molecule has 5 heteroatoms. The van der Waals surface area contributed by atoms with Crippen LogP contribution in [0.5, 0.6) is 11.5 Å². The van der Waals surface area contributed by atoms with Crippen LogP contribution in [0.2, 0.25) is 0 Å². The molecule has 5 nitrogen and oxygen atoms in total. The van der Waals surface area contributed by atoms with Crippen molar-refractivity contribution in [1.29, 1.82) is 0 Å². The van der Waals surface area contributed by atoms with Gasteiger partial charge in [-0.3, -0.25) is 0 Å². The summed E-state index contributed by atoms with van der Waals surface area (Å²) in [5.41, 5.74) is 2.36. The van der Waals surface area contributed by atoms with E-state index in [1.807, 2.05) is 36.4 Å². The van der Waals surface area contributed by atoms with E-state index in [2.05, 4.69) is 22.8 Å². The van der Waals surface area contributed by atoms with Gasteiger partial charge in [-0.1, -0.05) is 24.3 Å². The first-order valence-electron chi connectivity index (χ1n) is 8.44.